The van der Waals surface area contributed by atoms with Gasteiger partial charge in [0, 0.05) is 12.0 Å². The van der Waals surface area contributed by atoms with Crippen LogP contribution in [0.4, 0.5) is 0 Å². The average Bonchev–Trinajstić information content (AvgIpc) is 2.35. The second-order valence-electron chi connectivity index (χ2n) is 4.15. The molecule has 0 saturated heterocycles. The molecule has 1 aromatic carbocycles. The van der Waals surface area contributed by atoms with E-state index in [-0.39, 0.29) is 5.78 Å². The van der Waals surface area contributed by atoms with Gasteiger partial charge in [0.1, 0.15) is 12.4 Å². The largest absolute Gasteiger partial charge is 0.489 e. The Morgan fingerprint density at radius 2 is 2.00 bits per heavy atom. The van der Waals surface area contributed by atoms with E-state index in [2.05, 4.69) is 13.5 Å². The van der Waals surface area contributed by atoms with E-state index >= 15 is 0 Å². The molecule has 0 radical (unpaired) electrons. The normalized spacial score (nSPS) is 10.1. The van der Waals surface area contributed by atoms with Gasteiger partial charge in [-0.25, -0.2) is 0 Å². The van der Waals surface area contributed by atoms with Gasteiger partial charge in [-0.2, -0.15) is 0 Å². The number of ether oxygens (including phenoxy) is 1. The number of hydrogen-bond acceptors (Lipinski definition) is 2. The number of Topliss-reactive ketones (excluding diaryl/α,β-unsaturated/α-hetero) is 1. The molecule has 0 atom stereocenters. The summed E-state index contributed by atoms with van der Waals surface area (Å²) in [6, 6.07) is 5.59. The lowest BCUT2D eigenvalue weighted by atomic mass is 10.0. The molecule has 0 unspecified atom stereocenters. The minimum absolute atomic E-state index is 0.173. The number of aryl methyl sites for hydroxylation is 1. The van der Waals surface area contributed by atoms with Crippen molar-refractivity contribution in [2.75, 3.05) is 6.61 Å². The summed E-state index contributed by atoms with van der Waals surface area (Å²) in [7, 11) is 0. The minimum Gasteiger partial charge on any atom is -0.489 e. The van der Waals surface area contributed by atoms with Crippen molar-refractivity contribution in [3.05, 3.63) is 41.5 Å². The third-order valence-corrected chi connectivity index (χ3v) is 2.76. The maximum absolute atomic E-state index is 11.6. The molecule has 2 heteroatoms. The molecule has 2 nitrogen and oxygen atoms in total. The summed E-state index contributed by atoms with van der Waals surface area (Å²) in [6.45, 7) is 10.3. The molecule has 0 heterocycles. The molecule has 0 aliphatic rings. The van der Waals surface area contributed by atoms with Crippen LogP contribution in [0, 0.1) is 6.92 Å². The van der Waals surface area contributed by atoms with E-state index in [1.165, 1.54) is 0 Å². The number of ketones is 1. The molecule has 0 saturated carbocycles. The molecule has 1 rings (SSSR count). The summed E-state index contributed by atoms with van der Waals surface area (Å²) >= 11 is 0. The summed E-state index contributed by atoms with van der Waals surface area (Å²) in [4.78, 5) is 11.6. The Bertz CT molecular complexity index is 419. The molecule has 0 spiro atoms. The maximum Gasteiger partial charge on any atom is 0.162 e. The van der Waals surface area contributed by atoms with Crippen molar-refractivity contribution in [3.63, 3.8) is 0 Å². The highest BCUT2D eigenvalue weighted by atomic mass is 16.5. The van der Waals surface area contributed by atoms with Crippen molar-refractivity contribution in [1.82, 2.24) is 0 Å². The molecule has 0 fully saturated rings. The van der Waals surface area contributed by atoms with E-state index in [0.29, 0.717) is 13.0 Å². The second kappa shape index (κ2) is 6.24. The predicted octanol–water partition coefficient (Wildman–Crippen LogP) is 3.93. The molecule has 0 aliphatic carbocycles. The Kier molecular flexibility index (Phi) is 4.95. The SMILES string of the molecule is C=C(CC)COc1ccc(C(=O)CC)c(C)c1. The van der Waals surface area contributed by atoms with Crippen LogP contribution in [-0.4, -0.2) is 12.4 Å². The summed E-state index contributed by atoms with van der Waals surface area (Å²) in [5, 5.41) is 0. The van der Waals surface area contributed by atoms with Crippen LogP contribution in [0.2, 0.25) is 0 Å². The van der Waals surface area contributed by atoms with Gasteiger partial charge in [0.15, 0.2) is 5.78 Å². The average molecular weight is 232 g/mol. The van der Waals surface area contributed by atoms with E-state index in [9.17, 15) is 4.79 Å². The van der Waals surface area contributed by atoms with Crippen molar-refractivity contribution in [1.29, 1.82) is 0 Å². The van der Waals surface area contributed by atoms with Crippen molar-refractivity contribution in [2.45, 2.75) is 33.6 Å². The third kappa shape index (κ3) is 3.74. The molecule has 1 aromatic rings. The topological polar surface area (TPSA) is 26.3 Å². The molecule has 0 bridgehead atoms. The van der Waals surface area contributed by atoms with E-state index in [1.54, 1.807) is 0 Å². The molecule has 0 aromatic heterocycles. The van der Waals surface area contributed by atoms with E-state index in [0.717, 1.165) is 28.9 Å². The van der Waals surface area contributed by atoms with Crippen LogP contribution < -0.4 is 4.74 Å². The fourth-order valence-corrected chi connectivity index (χ4v) is 1.52. The molecule has 17 heavy (non-hydrogen) atoms. The Labute approximate surface area is 103 Å². The van der Waals surface area contributed by atoms with Gasteiger partial charge in [-0.15, -0.1) is 0 Å². The zero-order valence-electron chi connectivity index (χ0n) is 10.9. The Morgan fingerprint density at radius 1 is 1.29 bits per heavy atom. The first-order chi connectivity index (χ1) is 8.08. The lowest BCUT2D eigenvalue weighted by Gasteiger charge is -2.10. The quantitative estimate of drug-likeness (QED) is 0.548. The van der Waals surface area contributed by atoms with E-state index in [4.69, 9.17) is 4.74 Å². The lowest BCUT2D eigenvalue weighted by Crippen LogP contribution is -2.02. The first-order valence-corrected chi connectivity index (χ1v) is 6.01. The van der Waals surface area contributed by atoms with Crippen molar-refractivity contribution in [2.24, 2.45) is 0 Å². The second-order valence-corrected chi connectivity index (χ2v) is 4.15. The van der Waals surface area contributed by atoms with Crippen molar-refractivity contribution in [3.8, 4) is 5.75 Å². The number of rotatable bonds is 6. The summed E-state index contributed by atoms with van der Waals surface area (Å²) in [5.41, 5.74) is 2.82. The number of hydrogen-bond donors (Lipinski definition) is 0. The molecular formula is C15H20O2. The van der Waals surface area contributed by atoms with Crippen LogP contribution >= 0.6 is 0 Å². The fraction of sp³-hybridized carbons (Fsp3) is 0.400. The maximum atomic E-state index is 11.6. The minimum atomic E-state index is 0.173. The van der Waals surface area contributed by atoms with Gasteiger partial charge in [0.25, 0.3) is 0 Å². The van der Waals surface area contributed by atoms with Crippen molar-refractivity contribution < 1.29 is 9.53 Å². The summed E-state index contributed by atoms with van der Waals surface area (Å²) < 4.78 is 5.60. The number of carbonyl (C=O) groups is 1. The van der Waals surface area contributed by atoms with Gasteiger partial charge in [-0.3, -0.25) is 4.79 Å². The van der Waals surface area contributed by atoms with E-state index in [1.807, 2.05) is 32.0 Å². The molecule has 0 N–H and O–H groups in total. The van der Waals surface area contributed by atoms with Gasteiger partial charge in [-0.05, 0) is 42.7 Å². The third-order valence-electron chi connectivity index (χ3n) is 2.76. The first kappa shape index (κ1) is 13.5. The number of carbonyl (C=O) groups excluding carboxylic acids is 1. The van der Waals surface area contributed by atoms with E-state index < -0.39 is 0 Å². The molecule has 0 aliphatic heterocycles. The van der Waals surface area contributed by atoms with Gasteiger partial charge in [0.2, 0.25) is 0 Å². The van der Waals surface area contributed by atoms with Crippen LogP contribution in [0.3, 0.4) is 0 Å². The molecular weight excluding hydrogens is 212 g/mol. The molecule has 92 valence electrons. The zero-order chi connectivity index (χ0) is 12.8. The highest BCUT2D eigenvalue weighted by Crippen LogP contribution is 2.19. The highest BCUT2D eigenvalue weighted by Gasteiger charge is 2.07. The fourth-order valence-electron chi connectivity index (χ4n) is 1.52. The van der Waals surface area contributed by atoms with Crippen molar-refractivity contribution >= 4 is 5.78 Å². The highest BCUT2D eigenvalue weighted by molar-refractivity contribution is 5.97. The Morgan fingerprint density at radius 3 is 2.53 bits per heavy atom. The van der Waals surface area contributed by atoms with Gasteiger partial charge < -0.3 is 4.74 Å². The van der Waals surface area contributed by atoms with Gasteiger partial charge in [-0.1, -0.05) is 20.4 Å². The van der Waals surface area contributed by atoms with Gasteiger partial charge in [0.05, 0.1) is 0 Å². The Hall–Kier alpha value is -1.57. The molecule has 0 amide bonds. The standard InChI is InChI=1S/C15H20O2/c1-5-11(3)10-17-13-7-8-14(12(4)9-13)15(16)6-2/h7-9H,3,5-6,10H2,1-2,4H3. The van der Waals surface area contributed by atoms with Crippen LogP contribution in [0.5, 0.6) is 5.75 Å². The van der Waals surface area contributed by atoms with Crippen LogP contribution in [0.1, 0.15) is 42.6 Å². The smallest absolute Gasteiger partial charge is 0.162 e. The van der Waals surface area contributed by atoms with Crippen LogP contribution in [0.25, 0.3) is 0 Å². The van der Waals surface area contributed by atoms with Crippen LogP contribution in [0.15, 0.2) is 30.4 Å². The van der Waals surface area contributed by atoms with Gasteiger partial charge >= 0.3 is 0 Å². The predicted molar refractivity (Wildman–Crippen MR) is 70.7 cm³/mol. The first-order valence-electron chi connectivity index (χ1n) is 6.01. The Balaban J connectivity index is 2.75. The monoisotopic (exact) mass is 232 g/mol. The summed E-state index contributed by atoms with van der Waals surface area (Å²) in [5.74, 6) is 0.969. The summed E-state index contributed by atoms with van der Waals surface area (Å²) in [6.07, 6.45) is 1.46. The zero-order valence-corrected chi connectivity index (χ0v) is 10.9. The van der Waals surface area contributed by atoms with Crippen LogP contribution in [-0.2, 0) is 0 Å². The lowest BCUT2D eigenvalue weighted by molar-refractivity contribution is 0.0987. The number of benzene rings is 1.